The van der Waals surface area contributed by atoms with E-state index in [0.717, 1.165) is 76.8 Å². The monoisotopic (exact) mass is 529 g/mol. The number of para-hydroxylation sites is 1. The van der Waals surface area contributed by atoms with E-state index < -0.39 is 0 Å². The zero-order chi connectivity index (χ0) is 26.9. The molecule has 1 amide bonds. The van der Waals surface area contributed by atoms with Crippen LogP contribution in [0.4, 0.5) is 17.5 Å². The van der Waals surface area contributed by atoms with E-state index in [4.69, 9.17) is 9.97 Å². The Bertz CT molecular complexity index is 1200. The zero-order valence-corrected chi connectivity index (χ0v) is 23.7. The maximum absolute atomic E-state index is 12.2. The van der Waals surface area contributed by atoms with Crippen molar-refractivity contribution in [3.05, 3.63) is 53.7 Å². The molecule has 0 bridgehead atoms. The van der Waals surface area contributed by atoms with Gasteiger partial charge in [-0.3, -0.25) is 9.69 Å². The highest BCUT2D eigenvalue weighted by Crippen LogP contribution is 2.37. The summed E-state index contributed by atoms with van der Waals surface area (Å²) in [6.45, 7) is 16.4. The van der Waals surface area contributed by atoms with Crippen LogP contribution in [-0.4, -0.2) is 96.7 Å². The van der Waals surface area contributed by atoms with Crippen LogP contribution in [0.2, 0.25) is 0 Å². The number of amides is 1. The van der Waals surface area contributed by atoms with Crippen molar-refractivity contribution in [2.45, 2.75) is 58.0 Å². The van der Waals surface area contributed by atoms with Gasteiger partial charge >= 0.3 is 0 Å². The first-order valence-corrected chi connectivity index (χ1v) is 15.0. The summed E-state index contributed by atoms with van der Waals surface area (Å²) < 4.78 is 0. The first-order valence-electron chi connectivity index (χ1n) is 15.0. The Balaban J connectivity index is 1.27. The van der Waals surface area contributed by atoms with Gasteiger partial charge in [0.2, 0.25) is 11.9 Å². The molecule has 1 aliphatic carbocycles. The summed E-state index contributed by atoms with van der Waals surface area (Å²) in [7, 11) is 0. The Morgan fingerprint density at radius 3 is 2.54 bits per heavy atom. The Kier molecular flexibility index (Phi) is 7.47. The third-order valence-corrected chi connectivity index (χ3v) is 9.34. The fraction of sp³-hybridized carbons (Fsp3) is 0.581. The lowest BCUT2D eigenvalue weighted by Gasteiger charge is -2.46. The number of carbonyl (C=O) groups excluding carboxylic acids is 1. The molecule has 1 atom stereocenters. The summed E-state index contributed by atoms with van der Waals surface area (Å²) in [5.41, 5.74) is 5.45. The number of hydrogen-bond acceptors (Lipinski definition) is 7. The lowest BCUT2D eigenvalue weighted by atomic mass is 9.88. The van der Waals surface area contributed by atoms with Crippen LogP contribution in [0.5, 0.6) is 0 Å². The molecule has 8 heteroatoms. The lowest BCUT2D eigenvalue weighted by Crippen LogP contribution is -2.60. The molecule has 39 heavy (non-hydrogen) atoms. The Morgan fingerprint density at radius 2 is 1.79 bits per heavy atom. The molecular weight excluding hydrogens is 486 g/mol. The highest BCUT2D eigenvalue weighted by atomic mass is 16.2. The van der Waals surface area contributed by atoms with Crippen molar-refractivity contribution in [1.82, 2.24) is 19.8 Å². The number of benzene rings is 1. The number of aryl methyl sites for hydroxylation is 1. The Morgan fingerprint density at radius 1 is 1.03 bits per heavy atom. The topological polar surface area (TPSA) is 59.1 Å². The summed E-state index contributed by atoms with van der Waals surface area (Å²) in [6, 6.07) is 10.00. The number of nitrogens with zero attached hydrogens (tertiary/aromatic N) is 7. The summed E-state index contributed by atoms with van der Waals surface area (Å²) in [5.74, 6) is 2.01. The Hall–Kier alpha value is -3.13. The normalized spacial score (nSPS) is 21.5. The van der Waals surface area contributed by atoms with Gasteiger partial charge in [0.15, 0.2) is 0 Å². The van der Waals surface area contributed by atoms with Crippen LogP contribution in [0.15, 0.2) is 36.9 Å². The van der Waals surface area contributed by atoms with Gasteiger partial charge in [-0.2, -0.15) is 4.98 Å². The number of carbonyl (C=O) groups is 1. The van der Waals surface area contributed by atoms with Crippen LogP contribution < -0.4 is 14.7 Å². The molecule has 1 unspecified atom stereocenters. The van der Waals surface area contributed by atoms with E-state index in [1.807, 2.05) is 4.90 Å². The van der Waals surface area contributed by atoms with Crippen LogP contribution in [0.25, 0.3) is 0 Å². The number of rotatable bonds is 7. The van der Waals surface area contributed by atoms with Gasteiger partial charge in [0.05, 0.1) is 5.69 Å². The highest BCUT2D eigenvalue weighted by Gasteiger charge is 2.36. The van der Waals surface area contributed by atoms with Gasteiger partial charge in [0, 0.05) is 75.6 Å². The average molecular weight is 530 g/mol. The molecule has 2 fully saturated rings. The van der Waals surface area contributed by atoms with Crippen LogP contribution in [0.3, 0.4) is 0 Å². The van der Waals surface area contributed by atoms with Crippen LogP contribution in [0.1, 0.15) is 43.5 Å². The number of likely N-dealkylation sites (N-methyl/N-ethyl adjacent to an activating group) is 1. The molecule has 1 aromatic carbocycles. The molecule has 2 aromatic rings. The summed E-state index contributed by atoms with van der Waals surface area (Å²) in [5, 5.41) is 0. The highest BCUT2D eigenvalue weighted by molar-refractivity contribution is 5.87. The first-order chi connectivity index (χ1) is 19.1. The van der Waals surface area contributed by atoms with Gasteiger partial charge in [-0.1, -0.05) is 38.6 Å². The van der Waals surface area contributed by atoms with Gasteiger partial charge in [0.1, 0.15) is 5.82 Å². The minimum atomic E-state index is 0.0210. The SMILES string of the molecule is C=CC(=O)N1CCN(c2nc(N3CC(N(CC)CC)C3)nc3c2CCC(N2CCCc4ccccc42)C3)CC1. The van der Waals surface area contributed by atoms with E-state index in [9.17, 15) is 4.79 Å². The summed E-state index contributed by atoms with van der Waals surface area (Å²) >= 11 is 0. The van der Waals surface area contributed by atoms with Crippen LogP contribution in [0, 0.1) is 0 Å². The standard InChI is InChI=1S/C31H43N7O/c1-4-29(39)35-16-18-36(19-17-35)30-26-14-13-24(38-15-9-11-23-10-7-8-12-28(23)38)20-27(26)32-31(33-30)37-21-25(22-37)34(5-2)6-3/h4,7-8,10,12,24-25H,1,5-6,9,11,13-22H2,2-3H3. The fourth-order valence-electron chi connectivity index (χ4n) is 7.03. The van der Waals surface area contributed by atoms with Gasteiger partial charge in [-0.25, -0.2) is 4.98 Å². The van der Waals surface area contributed by atoms with Gasteiger partial charge in [0.25, 0.3) is 0 Å². The predicted octanol–water partition coefficient (Wildman–Crippen LogP) is 3.15. The van der Waals surface area contributed by atoms with Crippen molar-refractivity contribution in [3.8, 4) is 0 Å². The largest absolute Gasteiger partial charge is 0.368 e. The number of aromatic nitrogens is 2. The first kappa shape index (κ1) is 26.1. The van der Waals surface area contributed by atoms with Crippen molar-refractivity contribution in [3.63, 3.8) is 0 Å². The van der Waals surface area contributed by atoms with E-state index in [1.165, 1.54) is 41.4 Å². The number of hydrogen-bond donors (Lipinski definition) is 0. The van der Waals surface area contributed by atoms with Crippen molar-refractivity contribution < 1.29 is 4.79 Å². The minimum Gasteiger partial charge on any atom is -0.368 e. The number of fused-ring (bicyclic) bond motifs is 2. The van der Waals surface area contributed by atoms with Crippen molar-refractivity contribution >= 4 is 23.4 Å². The molecule has 1 aromatic heterocycles. The predicted molar refractivity (Wildman–Crippen MR) is 158 cm³/mol. The molecule has 4 aliphatic rings. The average Bonchev–Trinajstić information content (AvgIpc) is 2.97. The molecule has 4 heterocycles. The Labute approximate surface area is 233 Å². The minimum absolute atomic E-state index is 0.0210. The number of piperazine rings is 1. The second-order valence-electron chi connectivity index (χ2n) is 11.4. The molecule has 6 rings (SSSR count). The van der Waals surface area contributed by atoms with E-state index >= 15 is 0 Å². The molecule has 0 saturated carbocycles. The molecule has 0 radical (unpaired) electrons. The molecule has 0 N–H and O–H groups in total. The molecule has 2 saturated heterocycles. The second kappa shape index (κ2) is 11.2. The van der Waals surface area contributed by atoms with Crippen molar-refractivity contribution in [2.24, 2.45) is 0 Å². The molecule has 208 valence electrons. The fourth-order valence-corrected chi connectivity index (χ4v) is 7.03. The quantitative estimate of drug-likeness (QED) is 0.511. The third-order valence-electron chi connectivity index (χ3n) is 9.34. The van der Waals surface area contributed by atoms with Gasteiger partial charge in [-0.05, 0) is 56.5 Å². The molecule has 3 aliphatic heterocycles. The van der Waals surface area contributed by atoms with Crippen LogP contribution >= 0.6 is 0 Å². The molecular formula is C31H43N7O. The van der Waals surface area contributed by atoms with E-state index in [0.29, 0.717) is 25.2 Å². The second-order valence-corrected chi connectivity index (χ2v) is 11.4. The van der Waals surface area contributed by atoms with Gasteiger partial charge < -0.3 is 19.6 Å². The third kappa shape index (κ3) is 4.99. The molecule has 8 nitrogen and oxygen atoms in total. The van der Waals surface area contributed by atoms with Gasteiger partial charge in [-0.15, -0.1) is 0 Å². The summed E-state index contributed by atoms with van der Waals surface area (Å²) in [4.78, 5) is 34.5. The van der Waals surface area contributed by atoms with E-state index in [2.05, 4.69) is 64.3 Å². The smallest absolute Gasteiger partial charge is 0.246 e. The molecule has 0 spiro atoms. The van der Waals surface area contributed by atoms with E-state index in [1.54, 1.807) is 0 Å². The maximum atomic E-state index is 12.2. The summed E-state index contributed by atoms with van der Waals surface area (Å²) in [6.07, 6.45) is 6.91. The van der Waals surface area contributed by atoms with Crippen LogP contribution in [-0.2, 0) is 24.1 Å². The lowest BCUT2D eigenvalue weighted by molar-refractivity contribution is -0.126. The number of anilines is 3. The van der Waals surface area contributed by atoms with Crippen molar-refractivity contribution in [2.75, 3.05) is 73.6 Å². The van der Waals surface area contributed by atoms with E-state index in [-0.39, 0.29) is 5.91 Å². The maximum Gasteiger partial charge on any atom is 0.246 e. The van der Waals surface area contributed by atoms with Crippen molar-refractivity contribution in [1.29, 1.82) is 0 Å². The zero-order valence-electron chi connectivity index (χ0n) is 23.7.